The number of aromatic amines is 1. The molecule has 2 heterocycles. The molecule has 3 aromatic rings. The maximum Gasteiger partial charge on any atom is 0.271 e. The first kappa shape index (κ1) is 17.8. The average molecular weight is 390 g/mol. The zero-order chi connectivity index (χ0) is 20.3. The van der Waals surface area contributed by atoms with Crippen LogP contribution in [0.25, 0.3) is 16.8 Å². The van der Waals surface area contributed by atoms with Gasteiger partial charge in [-0.25, -0.2) is 4.98 Å². The molecule has 0 saturated heterocycles. The van der Waals surface area contributed by atoms with Crippen LogP contribution in [-0.4, -0.2) is 32.3 Å². The third-order valence-electron chi connectivity index (χ3n) is 5.93. The summed E-state index contributed by atoms with van der Waals surface area (Å²) >= 11 is 0. The molecule has 0 unspecified atom stereocenters. The number of carbonyl (C=O) groups excluding carboxylic acids is 2. The second-order valence-electron chi connectivity index (χ2n) is 8.28. The number of hydrogen-bond acceptors (Lipinski definition) is 4. The van der Waals surface area contributed by atoms with Gasteiger partial charge in [0, 0.05) is 29.7 Å². The number of amides is 1. The van der Waals surface area contributed by atoms with Gasteiger partial charge >= 0.3 is 0 Å². The minimum Gasteiger partial charge on any atom is -0.353 e. The maximum atomic E-state index is 12.7. The molecular weight excluding hydrogens is 368 g/mol. The van der Waals surface area contributed by atoms with E-state index in [-0.39, 0.29) is 23.3 Å². The fourth-order valence-electron chi connectivity index (χ4n) is 4.25. The lowest BCUT2D eigenvalue weighted by Crippen LogP contribution is -2.39. The van der Waals surface area contributed by atoms with Gasteiger partial charge in [-0.1, -0.05) is 18.2 Å². The average Bonchev–Trinajstić information content (AvgIpc) is 3.23. The second-order valence-corrected chi connectivity index (χ2v) is 8.28. The molecule has 0 bridgehead atoms. The summed E-state index contributed by atoms with van der Waals surface area (Å²) in [7, 11) is 0. The molecule has 1 saturated carbocycles. The highest BCUT2D eigenvalue weighted by Gasteiger charge is 2.54. The van der Waals surface area contributed by atoms with E-state index in [0.717, 1.165) is 22.3 Å². The largest absolute Gasteiger partial charge is 0.353 e. The Labute approximate surface area is 167 Å². The summed E-state index contributed by atoms with van der Waals surface area (Å²) in [6.45, 7) is 3.85. The smallest absolute Gasteiger partial charge is 0.271 e. The first-order valence-electron chi connectivity index (χ1n) is 9.99. The summed E-state index contributed by atoms with van der Waals surface area (Å²) in [5.41, 5.74) is 3.02. The van der Waals surface area contributed by atoms with Crippen molar-refractivity contribution in [3.63, 3.8) is 0 Å². The van der Waals surface area contributed by atoms with Gasteiger partial charge in [0.15, 0.2) is 11.4 Å². The molecule has 0 aliphatic heterocycles. The van der Waals surface area contributed by atoms with Crippen LogP contribution in [0.2, 0.25) is 0 Å². The van der Waals surface area contributed by atoms with E-state index in [9.17, 15) is 14.4 Å². The Morgan fingerprint density at radius 2 is 1.86 bits per heavy atom. The maximum absolute atomic E-state index is 12.7. The molecule has 0 radical (unpaired) electrons. The molecule has 7 nitrogen and oxygen atoms in total. The number of benzene rings is 1. The van der Waals surface area contributed by atoms with Crippen LogP contribution in [0.4, 0.5) is 0 Å². The molecule has 5 rings (SSSR count). The number of pyridine rings is 1. The molecule has 29 heavy (non-hydrogen) atoms. The molecular formula is C22H22N4O3. The minimum atomic E-state index is -0.700. The van der Waals surface area contributed by atoms with Crippen molar-refractivity contribution in [3.8, 4) is 11.1 Å². The zero-order valence-corrected chi connectivity index (χ0v) is 16.4. The van der Waals surface area contributed by atoms with Gasteiger partial charge in [-0.3, -0.25) is 19.5 Å². The van der Waals surface area contributed by atoms with Gasteiger partial charge in [0.1, 0.15) is 11.2 Å². The fourth-order valence-corrected chi connectivity index (χ4v) is 4.25. The standard InChI is InChI=1S/C22H22N4O3/c1-12(2)23-21(29)22(10-11-22)20-24-19-16(7-9-18(28)26(19)25-20)13-4-3-5-15-14(13)6-8-17(15)27/h3-5,7,9,12H,6,8,10-11H2,1-2H3,(H,23,29)(H,24,25). The van der Waals surface area contributed by atoms with E-state index in [2.05, 4.69) is 10.4 Å². The molecule has 1 aromatic carbocycles. The van der Waals surface area contributed by atoms with E-state index in [4.69, 9.17) is 4.98 Å². The van der Waals surface area contributed by atoms with Gasteiger partial charge in [0.05, 0.1) is 0 Å². The van der Waals surface area contributed by atoms with Crippen LogP contribution in [-0.2, 0) is 16.6 Å². The molecule has 1 fully saturated rings. The lowest BCUT2D eigenvalue weighted by atomic mass is 9.97. The second kappa shape index (κ2) is 6.14. The van der Waals surface area contributed by atoms with Crippen molar-refractivity contribution in [2.45, 2.75) is 51.0 Å². The van der Waals surface area contributed by atoms with Gasteiger partial charge in [-0.15, -0.1) is 0 Å². The van der Waals surface area contributed by atoms with Crippen molar-refractivity contribution in [2.24, 2.45) is 0 Å². The molecule has 0 atom stereocenters. The number of fused-ring (bicyclic) bond motifs is 2. The summed E-state index contributed by atoms with van der Waals surface area (Å²) in [6.07, 6.45) is 2.59. The number of rotatable bonds is 4. The number of ketones is 1. The van der Waals surface area contributed by atoms with E-state index in [1.54, 1.807) is 6.07 Å². The molecule has 2 aliphatic rings. The van der Waals surface area contributed by atoms with Crippen LogP contribution in [0, 0.1) is 0 Å². The highest BCUT2D eigenvalue weighted by Crippen LogP contribution is 2.47. The minimum absolute atomic E-state index is 0.0343. The van der Waals surface area contributed by atoms with E-state index in [1.807, 2.05) is 32.0 Å². The van der Waals surface area contributed by atoms with Gasteiger partial charge in [0.2, 0.25) is 5.91 Å². The predicted molar refractivity (Wildman–Crippen MR) is 108 cm³/mol. The molecule has 2 aliphatic carbocycles. The molecule has 148 valence electrons. The van der Waals surface area contributed by atoms with Crippen molar-refractivity contribution >= 4 is 17.3 Å². The summed E-state index contributed by atoms with van der Waals surface area (Å²) in [5.74, 6) is 0.604. The SMILES string of the molecule is CC(C)NC(=O)C1(c2nc3c(-c4cccc5c4CCC5=O)ccc(=O)n3[nH]2)CC1. The monoisotopic (exact) mass is 390 g/mol. The lowest BCUT2D eigenvalue weighted by molar-refractivity contribution is -0.124. The Morgan fingerprint density at radius 3 is 2.59 bits per heavy atom. The van der Waals surface area contributed by atoms with Crippen molar-refractivity contribution in [1.29, 1.82) is 0 Å². The van der Waals surface area contributed by atoms with Crippen LogP contribution in [0.3, 0.4) is 0 Å². The summed E-state index contributed by atoms with van der Waals surface area (Å²) in [5, 5.41) is 6.04. The number of nitrogens with zero attached hydrogens (tertiary/aromatic N) is 2. The van der Waals surface area contributed by atoms with Crippen LogP contribution in [0.15, 0.2) is 35.1 Å². The van der Waals surface area contributed by atoms with Crippen LogP contribution in [0.1, 0.15) is 54.9 Å². The number of nitrogens with one attached hydrogen (secondary N) is 2. The van der Waals surface area contributed by atoms with E-state index >= 15 is 0 Å². The number of hydrogen-bond donors (Lipinski definition) is 2. The number of H-pyrrole nitrogens is 1. The Morgan fingerprint density at radius 1 is 1.10 bits per heavy atom. The number of aromatic nitrogens is 3. The summed E-state index contributed by atoms with van der Waals surface area (Å²) in [4.78, 5) is 42.1. The van der Waals surface area contributed by atoms with Crippen LogP contribution >= 0.6 is 0 Å². The summed E-state index contributed by atoms with van der Waals surface area (Å²) < 4.78 is 1.41. The van der Waals surface area contributed by atoms with Gasteiger partial charge < -0.3 is 5.32 Å². The van der Waals surface area contributed by atoms with E-state index in [0.29, 0.717) is 37.2 Å². The lowest BCUT2D eigenvalue weighted by Gasteiger charge is -2.14. The zero-order valence-electron chi connectivity index (χ0n) is 16.4. The topological polar surface area (TPSA) is 96.3 Å². The Bertz CT molecular complexity index is 1230. The third-order valence-corrected chi connectivity index (χ3v) is 5.93. The Kier molecular flexibility index (Phi) is 3.78. The predicted octanol–water partition coefficient (Wildman–Crippen LogP) is 2.37. The van der Waals surface area contributed by atoms with Gasteiger partial charge in [0.25, 0.3) is 5.56 Å². The van der Waals surface area contributed by atoms with Crippen molar-refractivity contribution < 1.29 is 9.59 Å². The van der Waals surface area contributed by atoms with Crippen LogP contribution in [0.5, 0.6) is 0 Å². The van der Waals surface area contributed by atoms with Gasteiger partial charge in [-0.2, -0.15) is 4.52 Å². The Balaban J connectivity index is 1.67. The van der Waals surface area contributed by atoms with Crippen LogP contribution < -0.4 is 10.9 Å². The van der Waals surface area contributed by atoms with Gasteiger partial charge in [-0.05, 0) is 50.3 Å². The molecule has 0 spiro atoms. The normalized spacial score (nSPS) is 17.0. The highest BCUT2D eigenvalue weighted by molar-refractivity contribution is 6.03. The number of Topliss-reactive ketones (excluding diaryl/α,β-unsaturated/α-hetero) is 1. The van der Waals surface area contributed by atoms with Crippen molar-refractivity contribution in [3.05, 3.63) is 57.6 Å². The van der Waals surface area contributed by atoms with E-state index in [1.165, 1.54) is 10.6 Å². The molecule has 2 N–H and O–H groups in total. The molecule has 7 heteroatoms. The quantitative estimate of drug-likeness (QED) is 0.715. The fraction of sp³-hybridized carbons (Fsp3) is 0.364. The summed E-state index contributed by atoms with van der Waals surface area (Å²) in [6, 6.07) is 8.97. The first-order valence-corrected chi connectivity index (χ1v) is 9.99. The highest BCUT2D eigenvalue weighted by atomic mass is 16.2. The molecule has 1 amide bonds. The Hall–Kier alpha value is -3.22. The molecule has 2 aromatic heterocycles. The van der Waals surface area contributed by atoms with Crippen molar-refractivity contribution in [2.75, 3.05) is 0 Å². The number of carbonyl (C=O) groups is 2. The first-order chi connectivity index (χ1) is 13.9. The van der Waals surface area contributed by atoms with E-state index < -0.39 is 5.41 Å². The third kappa shape index (κ3) is 2.64. The van der Waals surface area contributed by atoms with Crippen molar-refractivity contribution in [1.82, 2.24) is 19.9 Å².